The van der Waals surface area contributed by atoms with E-state index in [2.05, 4.69) is 17.0 Å². The number of nitrogens with zero attached hydrogens (tertiary/aromatic N) is 3. The molecule has 0 aliphatic carbocycles. The molecule has 3 aliphatic heterocycles. The van der Waals surface area contributed by atoms with Gasteiger partial charge in [0.2, 0.25) is 5.91 Å². The topological polar surface area (TPSA) is 82.1 Å². The third kappa shape index (κ3) is 3.71. The van der Waals surface area contributed by atoms with E-state index in [4.69, 9.17) is 23.2 Å². The van der Waals surface area contributed by atoms with E-state index in [1.807, 2.05) is 31.2 Å². The lowest BCUT2D eigenvalue weighted by molar-refractivity contribution is -0.142. The van der Waals surface area contributed by atoms with Gasteiger partial charge in [-0.2, -0.15) is 9.49 Å². The Bertz CT molecular complexity index is 1350. The van der Waals surface area contributed by atoms with E-state index in [1.54, 1.807) is 23.1 Å². The molecular formula is C26H23Cl2FN4O3. The SMILES string of the molecule is C=C(CC)[C@H]1N2CC(=O)N(CC(=O)F)N=C2C[C@@H](c2cccc(Cl)c2)[C@]12C(=O)Nc1cc(Cl)ccc12. The summed E-state index contributed by atoms with van der Waals surface area (Å²) in [4.78, 5) is 39.9. The summed E-state index contributed by atoms with van der Waals surface area (Å²) in [5.41, 5.74) is 1.71. The maximum absolute atomic E-state index is 14.1. The predicted octanol–water partition coefficient (Wildman–Crippen LogP) is 4.66. The Kier molecular flexibility index (Phi) is 6.12. The molecule has 0 radical (unpaired) electrons. The second kappa shape index (κ2) is 9.01. The second-order valence-electron chi connectivity index (χ2n) is 9.19. The van der Waals surface area contributed by atoms with Crippen LogP contribution >= 0.6 is 23.2 Å². The zero-order valence-corrected chi connectivity index (χ0v) is 20.9. The monoisotopic (exact) mass is 528 g/mol. The van der Waals surface area contributed by atoms with Gasteiger partial charge in [0.1, 0.15) is 24.3 Å². The van der Waals surface area contributed by atoms with Gasteiger partial charge >= 0.3 is 6.04 Å². The van der Waals surface area contributed by atoms with Crippen LogP contribution in [-0.2, 0) is 19.8 Å². The maximum Gasteiger partial charge on any atom is 0.322 e. The smallest absolute Gasteiger partial charge is 0.322 e. The molecule has 10 heteroatoms. The fraction of sp³-hybridized carbons (Fsp3) is 0.308. The van der Waals surface area contributed by atoms with Crippen LogP contribution in [0.5, 0.6) is 0 Å². The normalized spacial score (nSPS) is 24.8. The second-order valence-corrected chi connectivity index (χ2v) is 10.1. The Morgan fingerprint density at radius 1 is 1.22 bits per heavy atom. The number of benzene rings is 2. The van der Waals surface area contributed by atoms with E-state index in [-0.39, 0.29) is 18.9 Å². The molecule has 2 amide bonds. The highest BCUT2D eigenvalue weighted by Gasteiger charge is 2.63. The summed E-state index contributed by atoms with van der Waals surface area (Å²) in [7, 11) is 0. The number of amides is 2. The molecule has 1 saturated heterocycles. The Morgan fingerprint density at radius 3 is 2.67 bits per heavy atom. The minimum absolute atomic E-state index is 0.171. The molecule has 36 heavy (non-hydrogen) atoms. The first kappa shape index (κ1) is 24.5. The van der Waals surface area contributed by atoms with Crippen LogP contribution in [0.2, 0.25) is 10.0 Å². The molecule has 3 aliphatic rings. The molecule has 186 valence electrons. The number of hydrogen-bond acceptors (Lipinski definition) is 5. The Labute approximate surface area is 217 Å². The van der Waals surface area contributed by atoms with Crippen LogP contribution in [-0.4, -0.2) is 52.7 Å². The minimum atomic E-state index is -1.66. The third-order valence-corrected chi connectivity index (χ3v) is 7.73. The first-order valence-corrected chi connectivity index (χ1v) is 12.3. The summed E-state index contributed by atoms with van der Waals surface area (Å²) in [5.74, 6) is -0.763. The number of carbonyl (C=O) groups is 3. The first-order valence-electron chi connectivity index (χ1n) is 11.5. The van der Waals surface area contributed by atoms with Crippen molar-refractivity contribution in [3.05, 3.63) is 75.8 Å². The molecule has 0 unspecified atom stereocenters. The van der Waals surface area contributed by atoms with Gasteiger partial charge in [-0.1, -0.05) is 60.5 Å². The van der Waals surface area contributed by atoms with Crippen molar-refractivity contribution in [1.29, 1.82) is 0 Å². The lowest BCUT2D eigenvalue weighted by atomic mass is 9.58. The molecule has 7 nitrogen and oxygen atoms in total. The largest absolute Gasteiger partial charge is 0.341 e. The van der Waals surface area contributed by atoms with Crippen LogP contribution in [0.4, 0.5) is 10.1 Å². The Morgan fingerprint density at radius 2 is 1.97 bits per heavy atom. The van der Waals surface area contributed by atoms with Crippen LogP contribution in [0.1, 0.15) is 36.8 Å². The number of piperidine rings is 1. The van der Waals surface area contributed by atoms with Crippen LogP contribution in [0, 0.1) is 0 Å². The number of anilines is 1. The lowest BCUT2D eigenvalue weighted by Gasteiger charge is -2.54. The van der Waals surface area contributed by atoms with Gasteiger partial charge in [0.15, 0.2) is 0 Å². The van der Waals surface area contributed by atoms with E-state index in [1.165, 1.54) is 0 Å². The number of fused-ring (bicyclic) bond motifs is 3. The van der Waals surface area contributed by atoms with Crippen molar-refractivity contribution in [1.82, 2.24) is 9.91 Å². The molecule has 3 heterocycles. The van der Waals surface area contributed by atoms with Crippen LogP contribution in [0.15, 0.2) is 59.7 Å². The van der Waals surface area contributed by atoms with E-state index < -0.39 is 35.9 Å². The minimum Gasteiger partial charge on any atom is -0.341 e. The quantitative estimate of drug-likeness (QED) is 0.452. The van der Waals surface area contributed by atoms with Gasteiger partial charge in [-0.3, -0.25) is 14.4 Å². The molecule has 2 aromatic rings. The van der Waals surface area contributed by atoms with Gasteiger partial charge in [-0.05, 0) is 41.8 Å². The molecule has 0 saturated carbocycles. The molecular weight excluding hydrogens is 506 g/mol. The Hall–Kier alpha value is -3.23. The predicted molar refractivity (Wildman–Crippen MR) is 136 cm³/mol. The highest BCUT2D eigenvalue weighted by atomic mass is 35.5. The van der Waals surface area contributed by atoms with Crippen molar-refractivity contribution >= 4 is 52.6 Å². The summed E-state index contributed by atoms with van der Waals surface area (Å²) >= 11 is 12.6. The molecule has 3 atom stereocenters. The maximum atomic E-state index is 14.1. The summed E-state index contributed by atoms with van der Waals surface area (Å²) in [6, 6.07) is 10.3. The van der Waals surface area contributed by atoms with E-state index >= 15 is 0 Å². The molecule has 0 aromatic heterocycles. The van der Waals surface area contributed by atoms with Crippen molar-refractivity contribution in [2.45, 2.75) is 37.1 Å². The molecule has 1 spiro atoms. The standard InChI is InChI=1S/C26H23Cl2FN4O3/c1-3-14(2)24-26(18-8-7-17(28)10-20(18)30-25(26)36)19(15-5-4-6-16(27)9-15)11-22-31-33(12-21(29)34)23(35)13-32(22)24/h4-10,19,24H,2-3,11-13H2,1H3,(H,30,36)/t19-,24+,26-/m0/s1. The average molecular weight is 529 g/mol. The average Bonchev–Trinajstić information content (AvgIpc) is 3.10. The molecule has 2 aromatic carbocycles. The lowest BCUT2D eigenvalue weighted by Crippen LogP contribution is -2.66. The van der Waals surface area contributed by atoms with E-state index in [9.17, 15) is 18.8 Å². The highest BCUT2D eigenvalue weighted by Crippen LogP contribution is 2.57. The molecule has 1 N–H and O–H groups in total. The van der Waals surface area contributed by atoms with Crippen LogP contribution in [0.3, 0.4) is 0 Å². The van der Waals surface area contributed by atoms with Crippen molar-refractivity contribution in [3.8, 4) is 0 Å². The van der Waals surface area contributed by atoms with Crippen molar-refractivity contribution in [3.63, 3.8) is 0 Å². The zero-order chi connectivity index (χ0) is 25.8. The van der Waals surface area contributed by atoms with E-state index in [0.717, 1.165) is 21.7 Å². The number of hydrogen-bond donors (Lipinski definition) is 1. The highest BCUT2D eigenvalue weighted by molar-refractivity contribution is 6.31. The van der Waals surface area contributed by atoms with Gasteiger partial charge in [0.05, 0.1) is 6.04 Å². The third-order valence-electron chi connectivity index (χ3n) is 7.26. The number of carbonyl (C=O) groups excluding carboxylic acids is 3. The van der Waals surface area contributed by atoms with Gasteiger partial charge < -0.3 is 10.2 Å². The van der Waals surface area contributed by atoms with Gasteiger partial charge in [0, 0.05) is 28.1 Å². The molecule has 1 fully saturated rings. The number of rotatable bonds is 5. The molecule has 5 rings (SSSR count). The van der Waals surface area contributed by atoms with Gasteiger partial charge in [-0.25, -0.2) is 5.01 Å². The first-order chi connectivity index (χ1) is 17.2. The van der Waals surface area contributed by atoms with Crippen LogP contribution in [0.25, 0.3) is 0 Å². The van der Waals surface area contributed by atoms with Crippen molar-refractivity contribution in [2.75, 3.05) is 18.4 Å². The number of amidine groups is 1. The number of halogens is 3. The fourth-order valence-corrected chi connectivity index (χ4v) is 6.15. The molecule has 0 bridgehead atoms. The summed E-state index contributed by atoms with van der Waals surface area (Å²) in [5, 5.41) is 9.24. The van der Waals surface area contributed by atoms with E-state index in [0.29, 0.717) is 28.0 Å². The number of nitrogens with one attached hydrogen (secondary N) is 1. The fourth-order valence-electron chi connectivity index (χ4n) is 5.78. The van der Waals surface area contributed by atoms with Crippen molar-refractivity contribution < 1.29 is 18.8 Å². The van der Waals surface area contributed by atoms with Crippen LogP contribution < -0.4 is 5.32 Å². The van der Waals surface area contributed by atoms with Gasteiger partial charge in [-0.15, -0.1) is 0 Å². The summed E-state index contributed by atoms with van der Waals surface area (Å²) in [6.07, 6.45) is 0.781. The van der Waals surface area contributed by atoms with Gasteiger partial charge in [0.25, 0.3) is 5.91 Å². The number of hydrazone groups is 1. The van der Waals surface area contributed by atoms with Crippen molar-refractivity contribution in [2.24, 2.45) is 5.10 Å². The Balaban J connectivity index is 1.78. The summed E-state index contributed by atoms with van der Waals surface area (Å²) < 4.78 is 13.2. The summed E-state index contributed by atoms with van der Waals surface area (Å²) in [6.45, 7) is 5.31. The zero-order valence-electron chi connectivity index (χ0n) is 19.4.